The molecule has 25 heavy (non-hydrogen) atoms. The minimum Gasteiger partial charge on any atom is -0.0925 e. The molecule has 0 aromatic heterocycles. The first-order valence-electron chi connectivity index (χ1n) is 10.5. The van der Waals surface area contributed by atoms with E-state index in [1.54, 1.807) is 0 Å². The smallest absolute Gasteiger partial charge is 0.0180 e. The van der Waals surface area contributed by atoms with Crippen molar-refractivity contribution in [2.75, 3.05) is 5.33 Å². The van der Waals surface area contributed by atoms with E-state index in [1.807, 2.05) is 0 Å². The first-order chi connectivity index (χ1) is 12.3. The number of hydrogen-bond donors (Lipinski definition) is 0. The zero-order valence-electron chi connectivity index (χ0n) is 16.4. The fourth-order valence-corrected chi connectivity index (χ4v) is 3.52. The standard InChI is InChI=1S/C23H40Br2/c1-2-3-4-5-6-11-14-17-20-23(25)21-18-15-12-9-7-8-10-13-16-19-22-24/h7-8,13-14,16-17,23H,2-6,9-12,15,18-22H2,1H3/b8-7?,16-13?,17-14-. The molecule has 2 heteroatoms. The Kier molecular flexibility index (Phi) is 22.4. The summed E-state index contributed by atoms with van der Waals surface area (Å²) in [6, 6.07) is 0. The van der Waals surface area contributed by atoms with Crippen LogP contribution >= 0.6 is 31.9 Å². The van der Waals surface area contributed by atoms with Gasteiger partial charge in [0.2, 0.25) is 0 Å². The number of rotatable bonds is 18. The predicted octanol–water partition coefficient (Wildman–Crippen LogP) is 9.29. The number of unbranched alkanes of at least 4 members (excludes halogenated alkanes) is 8. The monoisotopic (exact) mass is 474 g/mol. The minimum absolute atomic E-state index is 0.666. The Bertz CT molecular complexity index is 331. The van der Waals surface area contributed by atoms with E-state index >= 15 is 0 Å². The minimum atomic E-state index is 0.666. The molecule has 0 aromatic rings. The quantitative estimate of drug-likeness (QED) is 0.105. The van der Waals surface area contributed by atoms with E-state index in [-0.39, 0.29) is 0 Å². The summed E-state index contributed by atoms with van der Waals surface area (Å²) in [4.78, 5) is 0.666. The maximum absolute atomic E-state index is 3.83. The summed E-state index contributed by atoms with van der Waals surface area (Å²) in [6.07, 6.45) is 32.1. The number of allylic oxidation sites excluding steroid dienone is 6. The first kappa shape index (κ1) is 25.2. The van der Waals surface area contributed by atoms with Crippen LogP contribution in [0.15, 0.2) is 36.5 Å². The van der Waals surface area contributed by atoms with Crippen LogP contribution in [0.2, 0.25) is 0 Å². The molecule has 146 valence electrons. The number of hydrogen-bond acceptors (Lipinski definition) is 0. The van der Waals surface area contributed by atoms with E-state index in [2.05, 4.69) is 75.2 Å². The van der Waals surface area contributed by atoms with Gasteiger partial charge in [-0.3, -0.25) is 0 Å². The van der Waals surface area contributed by atoms with Gasteiger partial charge < -0.3 is 0 Å². The first-order valence-corrected chi connectivity index (χ1v) is 12.5. The second kappa shape index (κ2) is 22.2. The van der Waals surface area contributed by atoms with Crippen molar-refractivity contribution in [2.45, 2.75) is 102 Å². The Morgan fingerprint density at radius 2 is 1.28 bits per heavy atom. The second-order valence-corrected chi connectivity index (χ2v) is 8.89. The highest BCUT2D eigenvalue weighted by Gasteiger charge is 2.00. The third-order valence-corrected chi connectivity index (χ3v) is 5.59. The molecule has 0 radical (unpaired) electrons. The van der Waals surface area contributed by atoms with Crippen LogP contribution < -0.4 is 0 Å². The van der Waals surface area contributed by atoms with Crippen LogP contribution in [-0.2, 0) is 0 Å². The fourth-order valence-electron chi connectivity index (χ4n) is 2.72. The summed E-state index contributed by atoms with van der Waals surface area (Å²) >= 11 is 7.26. The average Bonchev–Trinajstić information content (AvgIpc) is 2.62. The van der Waals surface area contributed by atoms with Gasteiger partial charge in [0.25, 0.3) is 0 Å². The maximum Gasteiger partial charge on any atom is 0.0180 e. The lowest BCUT2D eigenvalue weighted by Crippen LogP contribution is -1.95. The number of alkyl halides is 2. The van der Waals surface area contributed by atoms with Gasteiger partial charge in [0.05, 0.1) is 0 Å². The molecule has 0 rings (SSSR count). The molecule has 0 bridgehead atoms. The van der Waals surface area contributed by atoms with Crippen molar-refractivity contribution in [1.29, 1.82) is 0 Å². The molecular formula is C23H40Br2. The molecule has 0 nitrogen and oxygen atoms in total. The Hall–Kier alpha value is 0.180. The lowest BCUT2D eigenvalue weighted by molar-refractivity contribution is 0.630. The molecule has 0 aliphatic heterocycles. The van der Waals surface area contributed by atoms with E-state index in [1.165, 1.54) is 77.0 Å². The van der Waals surface area contributed by atoms with Crippen molar-refractivity contribution in [3.05, 3.63) is 36.5 Å². The molecule has 0 aromatic carbocycles. The molecule has 0 aliphatic carbocycles. The largest absolute Gasteiger partial charge is 0.0925 e. The Morgan fingerprint density at radius 1 is 0.680 bits per heavy atom. The highest BCUT2D eigenvalue weighted by atomic mass is 79.9. The Labute approximate surface area is 174 Å². The average molecular weight is 476 g/mol. The van der Waals surface area contributed by atoms with E-state index < -0.39 is 0 Å². The van der Waals surface area contributed by atoms with Crippen LogP contribution in [-0.4, -0.2) is 10.2 Å². The molecule has 1 unspecified atom stereocenters. The maximum atomic E-state index is 3.83. The lowest BCUT2D eigenvalue weighted by atomic mass is 10.1. The second-order valence-electron chi connectivity index (χ2n) is 6.80. The highest BCUT2D eigenvalue weighted by molar-refractivity contribution is 9.09. The molecule has 0 heterocycles. The van der Waals surface area contributed by atoms with Crippen LogP contribution in [0.25, 0.3) is 0 Å². The molecule has 0 saturated heterocycles. The predicted molar refractivity (Wildman–Crippen MR) is 124 cm³/mol. The van der Waals surface area contributed by atoms with Crippen LogP contribution in [0.5, 0.6) is 0 Å². The summed E-state index contributed by atoms with van der Waals surface area (Å²) in [6.45, 7) is 2.28. The van der Waals surface area contributed by atoms with E-state index in [0.717, 1.165) is 18.2 Å². The molecule has 0 amide bonds. The molecule has 1 atom stereocenters. The van der Waals surface area contributed by atoms with Gasteiger partial charge in [-0.25, -0.2) is 0 Å². The van der Waals surface area contributed by atoms with Gasteiger partial charge in [0.1, 0.15) is 0 Å². The van der Waals surface area contributed by atoms with E-state index in [9.17, 15) is 0 Å². The Balaban J connectivity index is 3.34. The van der Waals surface area contributed by atoms with Gasteiger partial charge in [-0.1, -0.05) is 114 Å². The normalized spacial score (nSPS) is 13.6. The van der Waals surface area contributed by atoms with E-state index in [4.69, 9.17) is 0 Å². The van der Waals surface area contributed by atoms with Crippen molar-refractivity contribution >= 4 is 31.9 Å². The molecular weight excluding hydrogens is 436 g/mol. The molecule has 0 aliphatic rings. The van der Waals surface area contributed by atoms with Crippen molar-refractivity contribution in [2.24, 2.45) is 0 Å². The third-order valence-electron chi connectivity index (χ3n) is 4.30. The van der Waals surface area contributed by atoms with Gasteiger partial charge in [-0.15, -0.1) is 0 Å². The van der Waals surface area contributed by atoms with Crippen LogP contribution in [0, 0.1) is 0 Å². The Morgan fingerprint density at radius 3 is 1.96 bits per heavy atom. The van der Waals surface area contributed by atoms with Crippen molar-refractivity contribution in [1.82, 2.24) is 0 Å². The van der Waals surface area contributed by atoms with E-state index in [0.29, 0.717) is 4.83 Å². The highest BCUT2D eigenvalue weighted by Crippen LogP contribution is 2.16. The van der Waals surface area contributed by atoms with Gasteiger partial charge in [0.15, 0.2) is 0 Å². The van der Waals surface area contributed by atoms with Gasteiger partial charge >= 0.3 is 0 Å². The zero-order chi connectivity index (χ0) is 18.4. The molecule has 0 spiro atoms. The molecule has 0 N–H and O–H groups in total. The third kappa shape index (κ3) is 22.1. The lowest BCUT2D eigenvalue weighted by Gasteiger charge is -2.06. The summed E-state index contributed by atoms with van der Waals surface area (Å²) < 4.78 is 0. The van der Waals surface area contributed by atoms with Crippen molar-refractivity contribution in [3.63, 3.8) is 0 Å². The summed E-state index contributed by atoms with van der Waals surface area (Å²) in [7, 11) is 0. The van der Waals surface area contributed by atoms with Crippen LogP contribution in [0.3, 0.4) is 0 Å². The topological polar surface area (TPSA) is 0 Å². The molecule has 0 fully saturated rings. The van der Waals surface area contributed by atoms with Crippen LogP contribution in [0.1, 0.15) is 96.8 Å². The fraction of sp³-hybridized carbons (Fsp3) is 0.739. The van der Waals surface area contributed by atoms with Gasteiger partial charge in [-0.2, -0.15) is 0 Å². The molecule has 0 saturated carbocycles. The number of halogens is 2. The summed E-state index contributed by atoms with van der Waals surface area (Å²) in [5.74, 6) is 0. The van der Waals surface area contributed by atoms with Crippen molar-refractivity contribution in [3.8, 4) is 0 Å². The summed E-state index contributed by atoms with van der Waals surface area (Å²) in [5.41, 5.74) is 0. The SMILES string of the molecule is CCCCCCC/C=C\CC(Br)CCCCCC=CCC=CCCBr. The summed E-state index contributed by atoms with van der Waals surface area (Å²) in [5, 5.41) is 1.07. The van der Waals surface area contributed by atoms with Crippen LogP contribution in [0.4, 0.5) is 0 Å². The van der Waals surface area contributed by atoms with Crippen molar-refractivity contribution < 1.29 is 0 Å². The van der Waals surface area contributed by atoms with Gasteiger partial charge in [0, 0.05) is 10.2 Å². The van der Waals surface area contributed by atoms with Gasteiger partial charge in [-0.05, 0) is 51.4 Å². The zero-order valence-corrected chi connectivity index (χ0v) is 19.6.